The predicted octanol–water partition coefficient (Wildman–Crippen LogP) is 1.83. The predicted molar refractivity (Wildman–Crippen MR) is 49.5 cm³/mol. The Morgan fingerprint density at radius 2 is 2.38 bits per heavy atom. The molecule has 0 saturated heterocycles. The second-order valence-corrected chi connectivity index (χ2v) is 3.76. The molecule has 13 heavy (non-hydrogen) atoms. The van der Waals surface area contributed by atoms with Gasteiger partial charge < -0.3 is 9.84 Å². The van der Waals surface area contributed by atoms with Gasteiger partial charge in [-0.25, -0.2) is 4.79 Å². The van der Waals surface area contributed by atoms with Gasteiger partial charge in [0.15, 0.2) is 5.60 Å². The number of carbonyl (C=O) groups is 1. The van der Waals surface area contributed by atoms with Crippen molar-refractivity contribution < 1.29 is 14.6 Å². The smallest absolute Gasteiger partial charge is 0.336 e. The number of hydrogen-bond acceptors (Lipinski definition) is 2. The van der Waals surface area contributed by atoms with Crippen LogP contribution in [-0.2, 0) is 9.53 Å². The molecule has 1 N–H and O–H groups in total. The second-order valence-electron chi connectivity index (χ2n) is 3.76. The van der Waals surface area contributed by atoms with E-state index in [1.165, 1.54) is 12.7 Å². The molecule has 2 unspecified atom stereocenters. The summed E-state index contributed by atoms with van der Waals surface area (Å²) in [4.78, 5) is 11.1. The maximum atomic E-state index is 11.1. The Bertz CT molecular complexity index is 245. The highest BCUT2D eigenvalue weighted by atomic mass is 16.5. The molecule has 0 aromatic heterocycles. The van der Waals surface area contributed by atoms with Crippen molar-refractivity contribution in [3.05, 3.63) is 11.6 Å². The second kappa shape index (κ2) is 3.50. The van der Waals surface area contributed by atoms with E-state index in [1.807, 2.05) is 19.9 Å². The number of allylic oxidation sites excluding steroid dienone is 1. The van der Waals surface area contributed by atoms with Crippen LogP contribution in [0.3, 0.4) is 0 Å². The van der Waals surface area contributed by atoms with Crippen LogP contribution in [0, 0.1) is 5.92 Å². The molecule has 0 bridgehead atoms. The van der Waals surface area contributed by atoms with Crippen LogP contribution in [0.4, 0.5) is 0 Å². The minimum Gasteiger partial charge on any atom is -0.479 e. The van der Waals surface area contributed by atoms with E-state index >= 15 is 0 Å². The monoisotopic (exact) mass is 184 g/mol. The van der Waals surface area contributed by atoms with Crippen LogP contribution in [0.5, 0.6) is 0 Å². The van der Waals surface area contributed by atoms with E-state index in [0.717, 1.165) is 6.42 Å². The van der Waals surface area contributed by atoms with Gasteiger partial charge >= 0.3 is 5.97 Å². The van der Waals surface area contributed by atoms with Crippen molar-refractivity contribution in [2.45, 2.75) is 32.3 Å². The van der Waals surface area contributed by atoms with E-state index in [1.54, 1.807) is 0 Å². The molecule has 0 amide bonds. The topological polar surface area (TPSA) is 46.5 Å². The average molecular weight is 184 g/mol. The van der Waals surface area contributed by atoms with E-state index in [-0.39, 0.29) is 5.92 Å². The third-order valence-electron chi connectivity index (χ3n) is 2.90. The lowest BCUT2D eigenvalue weighted by Gasteiger charge is -2.36. The fourth-order valence-electron chi connectivity index (χ4n) is 1.93. The van der Waals surface area contributed by atoms with Crippen LogP contribution in [0.15, 0.2) is 11.6 Å². The fourth-order valence-corrected chi connectivity index (χ4v) is 1.93. The number of aliphatic carboxylic acids is 1. The van der Waals surface area contributed by atoms with Gasteiger partial charge in [0.1, 0.15) is 0 Å². The number of hydrogen-bond donors (Lipinski definition) is 1. The lowest BCUT2D eigenvalue weighted by molar-refractivity contribution is -0.169. The summed E-state index contributed by atoms with van der Waals surface area (Å²) in [6.07, 6.45) is 3.24. The standard InChI is InChI=1S/C10H16O3/c1-7-4-5-10(13-3,9(11)12)8(2)6-7/h4,8H,5-6H2,1-3H3,(H,11,12). The number of carboxylic acid groups (broad SMARTS) is 1. The largest absolute Gasteiger partial charge is 0.479 e. The number of carboxylic acids is 1. The van der Waals surface area contributed by atoms with Gasteiger partial charge in [0.05, 0.1) is 0 Å². The number of methoxy groups -OCH3 is 1. The molecule has 0 spiro atoms. The first-order valence-corrected chi connectivity index (χ1v) is 4.47. The highest BCUT2D eigenvalue weighted by Crippen LogP contribution is 2.35. The Kier molecular flexibility index (Phi) is 2.76. The van der Waals surface area contributed by atoms with Crippen molar-refractivity contribution in [2.24, 2.45) is 5.92 Å². The van der Waals surface area contributed by atoms with E-state index in [9.17, 15) is 4.79 Å². The van der Waals surface area contributed by atoms with Gasteiger partial charge in [-0.05, 0) is 19.3 Å². The average Bonchev–Trinajstić information content (AvgIpc) is 2.04. The molecular weight excluding hydrogens is 168 g/mol. The molecule has 0 heterocycles. The SMILES string of the molecule is COC1(C(=O)O)CC=C(C)CC1C. The first-order valence-electron chi connectivity index (χ1n) is 4.47. The molecule has 3 heteroatoms. The zero-order chi connectivity index (χ0) is 10.1. The Morgan fingerprint density at radius 3 is 2.77 bits per heavy atom. The molecule has 0 radical (unpaired) electrons. The van der Waals surface area contributed by atoms with Crippen molar-refractivity contribution in [1.82, 2.24) is 0 Å². The maximum Gasteiger partial charge on any atom is 0.336 e. The van der Waals surface area contributed by atoms with Crippen LogP contribution in [0.2, 0.25) is 0 Å². The summed E-state index contributed by atoms with van der Waals surface area (Å²) in [5.41, 5.74) is 0.251. The van der Waals surface area contributed by atoms with Gasteiger partial charge in [-0.1, -0.05) is 18.6 Å². The molecule has 1 aliphatic rings. The summed E-state index contributed by atoms with van der Waals surface area (Å²) in [6.45, 7) is 3.95. The summed E-state index contributed by atoms with van der Waals surface area (Å²) < 4.78 is 5.16. The third kappa shape index (κ3) is 1.61. The highest BCUT2D eigenvalue weighted by Gasteiger charge is 2.44. The van der Waals surface area contributed by atoms with Crippen LogP contribution in [-0.4, -0.2) is 23.8 Å². The van der Waals surface area contributed by atoms with Crippen molar-refractivity contribution in [1.29, 1.82) is 0 Å². The van der Waals surface area contributed by atoms with Crippen LogP contribution in [0.25, 0.3) is 0 Å². The summed E-state index contributed by atoms with van der Waals surface area (Å²) >= 11 is 0. The first kappa shape index (κ1) is 10.3. The summed E-state index contributed by atoms with van der Waals surface area (Å²) in [5.74, 6) is -0.814. The molecule has 1 rings (SSSR count). The highest BCUT2D eigenvalue weighted by molar-refractivity contribution is 5.78. The molecular formula is C10H16O3. The Balaban J connectivity index is 2.95. The Morgan fingerprint density at radius 1 is 1.77 bits per heavy atom. The summed E-state index contributed by atoms with van der Waals surface area (Å²) in [7, 11) is 1.47. The molecule has 0 fully saturated rings. The number of ether oxygens (including phenoxy) is 1. The lowest BCUT2D eigenvalue weighted by atomic mass is 9.77. The molecule has 0 aromatic rings. The quantitative estimate of drug-likeness (QED) is 0.666. The van der Waals surface area contributed by atoms with Gasteiger partial charge in [-0.3, -0.25) is 0 Å². The van der Waals surface area contributed by atoms with Crippen molar-refractivity contribution in [3.63, 3.8) is 0 Å². The molecule has 2 atom stereocenters. The third-order valence-corrected chi connectivity index (χ3v) is 2.90. The van der Waals surface area contributed by atoms with Gasteiger partial charge in [0.2, 0.25) is 0 Å². The van der Waals surface area contributed by atoms with Crippen molar-refractivity contribution in [3.8, 4) is 0 Å². The molecule has 0 aliphatic heterocycles. The van der Waals surface area contributed by atoms with Gasteiger partial charge in [-0.15, -0.1) is 0 Å². The zero-order valence-corrected chi connectivity index (χ0v) is 8.33. The molecule has 74 valence electrons. The number of rotatable bonds is 2. The lowest BCUT2D eigenvalue weighted by Crippen LogP contribution is -2.47. The van der Waals surface area contributed by atoms with Crippen molar-refractivity contribution in [2.75, 3.05) is 7.11 Å². The van der Waals surface area contributed by atoms with Gasteiger partial charge in [0.25, 0.3) is 0 Å². The maximum absolute atomic E-state index is 11.1. The fraction of sp³-hybridized carbons (Fsp3) is 0.700. The molecule has 0 aromatic carbocycles. The van der Waals surface area contributed by atoms with E-state index in [2.05, 4.69) is 0 Å². The van der Waals surface area contributed by atoms with Crippen LogP contribution < -0.4 is 0 Å². The molecule has 0 saturated carbocycles. The normalized spacial score (nSPS) is 34.1. The Hall–Kier alpha value is -0.830. The minimum absolute atomic E-state index is 0.0417. The summed E-state index contributed by atoms with van der Waals surface area (Å²) in [6, 6.07) is 0. The minimum atomic E-state index is -1.00. The molecule has 3 nitrogen and oxygen atoms in total. The van der Waals surface area contributed by atoms with Gasteiger partial charge in [-0.2, -0.15) is 0 Å². The van der Waals surface area contributed by atoms with Crippen LogP contribution >= 0.6 is 0 Å². The van der Waals surface area contributed by atoms with Crippen LogP contribution in [0.1, 0.15) is 26.7 Å². The van der Waals surface area contributed by atoms with E-state index in [0.29, 0.717) is 6.42 Å². The van der Waals surface area contributed by atoms with Gasteiger partial charge in [0, 0.05) is 13.5 Å². The van der Waals surface area contributed by atoms with E-state index < -0.39 is 11.6 Å². The zero-order valence-electron chi connectivity index (χ0n) is 8.33. The van der Waals surface area contributed by atoms with Crippen molar-refractivity contribution >= 4 is 5.97 Å². The first-order chi connectivity index (χ1) is 6.03. The Labute approximate surface area is 78.4 Å². The molecule has 1 aliphatic carbocycles. The van der Waals surface area contributed by atoms with E-state index in [4.69, 9.17) is 9.84 Å². The summed E-state index contributed by atoms with van der Waals surface area (Å²) in [5, 5.41) is 9.09.